The molecule has 1 aliphatic heterocycles. The van der Waals surface area contributed by atoms with E-state index in [1.54, 1.807) is 6.07 Å². The molecule has 1 unspecified atom stereocenters. The van der Waals surface area contributed by atoms with Gasteiger partial charge in [-0.05, 0) is 23.6 Å². The maximum Gasteiger partial charge on any atom is 0.319 e. The van der Waals surface area contributed by atoms with Crippen molar-refractivity contribution in [1.29, 1.82) is 0 Å². The summed E-state index contributed by atoms with van der Waals surface area (Å²) in [4.78, 5) is 11.4. The van der Waals surface area contributed by atoms with Gasteiger partial charge in [-0.2, -0.15) is 0 Å². The van der Waals surface area contributed by atoms with Crippen LogP contribution in [-0.2, 0) is 0 Å². The molecule has 15 heavy (non-hydrogen) atoms. The van der Waals surface area contributed by atoms with E-state index in [-0.39, 0.29) is 12.1 Å². The zero-order valence-electron chi connectivity index (χ0n) is 8.67. The Labute approximate surface area is 93.8 Å². The Bertz CT molecular complexity index is 404. The number of hydrogen-bond acceptors (Lipinski definition) is 1. The molecule has 2 N–H and O–H groups in total. The van der Waals surface area contributed by atoms with Crippen molar-refractivity contribution in [3.8, 4) is 0 Å². The van der Waals surface area contributed by atoms with Gasteiger partial charge in [-0.25, -0.2) is 4.79 Å². The molecule has 0 saturated heterocycles. The quantitative estimate of drug-likeness (QED) is 0.756. The minimum absolute atomic E-state index is 0.0611. The molecular formula is C11H13ClN2O. The molecule has 1 aliphatic rings. The average molecular weight is 225 g/mol. The highest BCUT2D eigenvalue weighted by Gasteiger charge is 2.26. The summed E-state index contributed by atoms with van der Waals surface area (Å²) in [5.41, 5.74) is 1.90. The number of benzene rings is 1. The Hall–Kier alpha value is -1.22. The highest BCUT2D eigenvalue weighted by atomic mass is 35.5. The summed E-state index contributed by atoms with van der Waals surface area (Å²) < 4.78 is 0. The fourth-order valence-electron chi connectivity index (χ4n) is 1.81. The van der Waals surface area contributed by atoms with Crippen LogP contribution in [0.15, 0.2) is 18.2 Å². The van der Waals surface area contributed by atoms with Gasteiger partial charge in [0.15, 0.2) is 0 Å². The van der Waals surface area contributed by atoms with E-state index in [1.165, 1.54) is 0 Å². The molecule has 0 fully saturated rings. The predicted molar refractivity (Wildman–Crippen MR) is 61.2 cm³/mol. The number of rotatable bonds is 1. The Morgan fingerprint density at radius 1 is 1.40 bits per heavy atom. The highest BCUT2D eigenvalue weighted by Crippen LogP contribution is 2.33. The van der Waals surface area contributed by atoms with E-state index in [4.69, 9.17) is 11.6 Å². The van der Waals surface area contributed by atoms with Gasteiger partial charge in [0.1, 0.15) is 0 Å². The molecule has 1 heterocycles. The van der Waals surface area contributed by atoms with Crippen molar-refractivity contribution in [3.05, 3.63) is 28.8 Å². The normalized spacial score (nSPS) is 19.5. The lowest BCUT2D eigenvalue weighted by molar-refractivity contribution is 0.243. The second kappa shape index (κ2) is 3.74. The molecule has 1 aromatic rings. The van der Waals surface area contributed by atoms with Crippen molar-refractivity contribution in [2.24, 2.45) is 5.92 Å². The van der Waals surface area contributed by atoms with Crippen molar-refractivity contribution < 1.29 is 4.79 Å². The Morgan fingerprint density at radius 3 is 2.80 bits per heavy atom. The van der Waals surface area contributed by atoms with Crippen LogP contribution in [-0.4, -0.2) is 6.03 Å². The second-order valence-corrected chi connectivity index (χ2v) is 4.49. The summed E-state index contributed by atoms with van der Waals surface area (Å²) in [6, 6.07) is 5.48. The van der Waals surface area contributed by atoms with Gasteiger partial charge < -0.3 is 10.6 Å². The summed E-state index contributed by atoms with van der Waals surface area (Å²) >= 11 is 5.88. The highest BCUT2D eigenvalue weighted by molar-refractivity contribution is 6.31. The zero-order chi connectivity index (χ0) is 11.0. The van der Waals surface area contributed by atoms with E-state index in [9.17, 15) is 4.79 Å². The first-order valence-corrected chi connectivity index (χ1v) is 5.32. The summed E-state index contributed by atoms with van der Waals surface area (Å²) in [6.45, 7) is 4.16. The number of nitrogens with one attached hydrogen (secondary N) is 2. The van der Waals surface area contributed by atoms with E-state index < -0.39 is 0 Å². The van der Waals surface area contributed by atoms with Crippen molar-refractivity contribution in [2.75, 3.05) is 5.32 Å². The molecule has 0 aromatic heterocycles. The van der Waals surface area contributed by atoms with Crippen molar-refractivity contribution in [2.45, 2.75) is 19.9 Å². The van der Waals surface area contributed by atoms with E-state index >= 15 is 0 Å². The fraction of sp³-hybridized carbons (Fsp3) is 0.364. The summed E-state index contributed by atoms with van der Waals surface area (Å²) in [5, 5.41) is 6.29. The van der Waals surface area contributed by atoms with Crippen molar-refractivity contribution in [1.82, 2.24) is 5.32 Å². The van der Waals surface area contributed by atoms with Crippen LogP contribution in [0.5, 0.6) is 0 Å². The molecule has 0 bridgehead atoms. The lowest BCUT2D eigenvalue weighted by Crippen LogP contribution is -2.39. The van der Waals surface area contributed by atoms with Crippen molar-refractivity contribution in [3.63, 3.8) is 0 Å². The van der Waals surface area contributed by atoms with Crippen LogP contribution >= 0.6 is 11.6 Å². The van der Waals surface area contributed by atoms with Crippen LogP contribution in [0.2, 0.25) is 5.02 Å². The number of carbonyl (C=O) groups excluding carboxylic acids is 1. The lowest BCUT2D eigenvalue weighted by atomic mass is 9.93. The fourth-order valence-corrected chi connectivity index (χ4v) is 1.98. The van der Waals surface area contributed by atoms with Crippen LogP contribution in [0.3, 0.4) is 0 Å². The Kier molecular flexibility index (Phi) is 2.57. The number of urea groups is 1. The third-order valence-corrected chi connectivity index (χ3v) is 2.79. The molecule has 0 spiro atoms. The molecule has 4 heteroatoms. The molecule has 1 aromatic carbocycles. The van der Waals surface area contributed by atoms with Gasteiger partial charge in [0.2, 0.25) is 0 Å². The third kappa shape index (κ3) is 1.92. The van der Waals surface area contributed by atoms with Crippen LogP contribution < -0.4 is 10.6 Å². The Morgan fingerprint density at radius 2 is 2.13 bits per heavy atom. The zero-order valence-corrected chi connectivity index (χ0v) is 9.43. The SMILES string of the molecule is CC(C)C1NC(=O)Nc2cc(Cl)ccc21. The van der Waals surface area contributed by atoms with Gasteiger partial charge >= 0.3 is 6.03 Å². The van der Waals surface area contributed by atoms with E-state index in [2.05, 4.69) is 24.5 Å². The molecule has 0 saturated carbocycles. The number of halogens is 1. The number of carbonyl (C=O) groups is 1. The van der Waals surface area contributed by atoms with Crippen LogP contribution in [0.1, 0.15) is 25.5 Å². The molecular weight excluding hydrogens is 212 g/mol. The summed E-state index contributed by atoms with van der Waals surface area (Å²) in [5.74, 6) is 0.357. The third-order valence-electron chi connectivity index (χ3n) is 2.55. The van der Waals surface area contributed by atoms with E-state index in [1.807, 2.05) is 12.1 Å². The van der Waals surface area contributed by atoms with E-state index in [0.717, 1.165) is 11.3 Å². The minimum atomic E-state index is -0.163. The second-order valence-electron chi connectivity index (χ2n) is 4.05. The van der Waals surface area contributed by atoms with Gasteiger partial charge in [-0.1, -0.05) is 31.5 Å². The molecule has 2 amide bonds. The number of anilines is 1. The number of hydrogen-bond donors (Lipinski definition) is 2. The van der Waals surface area contributed by atoms with Gasteiger partial charge in [-0.3, -0.25) is 0 Å². The largest absolute Gasteiger partial charge is 0.331 e. The monoisotopic (exact) mass is 224 g/mol. The van der Waals surface area contributed by atoms with Gasteiger partial charge in [0, 0.05) is 10.7 Å². The predicted octanol–water partition coefficient (Wildman–Crippen LogP) is 3.17. The van der Waals surface area contributed by atoms with Crippen molar-refractivity contribution >= 4 is 23.3 Å². The van der Waals surface area contributed by atoms with Gasteiger partial charge in [0.05, 0.1) is 6.04 Å². The number of fused-ring (bicyclic) bond motifs is 1. The van der Waals surface area contributed by atoms with Crippen LogP contribution in [0.4, 0.5) is 10.5 Å². The maximum absolute atomic E-state index is 11.4. The van der Waals surface area contributed by atoms with Crippen LogP contribution in [0.25, 0.3) is 0 Å². The molecule has 2 rings (SSSR count). The molecule has 80 valence electrons. The lowest BCUT2D eigenvalue weighted by Gasteiger charge is -2.30. The molecule has 1 atom stereocenters. The van der Waals surface area contributed by atoms with E-state index in [0.29, 0.717) is 10.9 Å². The molecule has 0 aliphatic carbocycles. The minimum Gasteiger partial charge on any atom is -0.331 e. The Balaban J connectivity index is 2.46. The van der Waals surface area contributed by atoms with Gasteiger partial charge in [-0.15, -0.1) is 0 Å². The number of amides is 2. The topological polar surface area (TPSA) is 41.1 Å². The first-order valence-electron chi connectivity index (χ1n) is 4.95. The first-order chi connectivity index (χ1) is 7.08. The summed E-state index contributed by atoms with van der Waals surface area (Å²) in [6.07, 6.45) is 0. The first kappa shape index (κ1) is 10.3. The maximum atomic E-state index is 11.4. The smallest absolute Gasteiger partial charge is 0.319 e. The average Bonchev–Trinajstić information content (AvgIpc) is 2.15. The van der Waals surface area contributed by atoms with Gasteiger partial charge in [0.25, 0.3) is 0 Å². The standard InChI is InChI=1S/C11H13ClN2O/c1-6(2)10-8-4-3-7(12)5-9(8)13-11(15)14-10/h3-6,10H,1-2H3,(H2,13,14,15). The summed E-state index contributed by atoms with van der Waals surface area (Å²) in [7, 11) is 0. The molecule has 3 nitrogen and oxygen atoms in total. The molecule has 0 radical (unpaired) electrons. The van der Waals surface area contributed by atoms with Crippen LogP contribution in [0, 0.1) is 5.92 Å².